The molecule has 2 aromatic carbocycles. The molecule has 1 aliphatic rings. The fraction of sp³-hybridized carbons (Fsp3) is 0.235. The first-order valence-electron chi connectivity index (χ1n) is 7.26. The third kappa shape index (κ3) is 3.36. The zero-order valence-electron chi connectivity index (χ0n) is 12.8. The minimum Gasteiger partial charge on any atom is -0.361 e. The summed E-state index contributed by atoms with van der Waals surface area (Å²) >= 11 is 1.54. The van der Waals surface area contributed by atoms with Gasteiger partial charge >= 0.3 is 6.18 Å². The van der Waals surface area contributed by atoms with E-state index in [1.54, 1.807) is 42.1 Å². The molecule has 3 nitrogen and oxygen atoms in total. The number of rotatable bonds is 3. The molecule has 1 aliphatic heterocycles. The number of carbonyl (C=O) groups excluding carboxylic acids is 1. The predicted molar refractivity (Wildman–Crippen MR) is 88.1 cm³/mol. The average molecular weight is 352 g/mol. The first-order valence-corrected chi connectivity index (χ1v) is 8.49. The number of hydrogen-bond donors (Lipinski definition) is 1. The summed E-state index contributed by atoms with van der Waals surface area (Å²) in [5.41, 5.74) is 1.40. The third-order valence-electron chi connectivity index (χ3n) is 3.80. The molecule has 0 spiro atoms. The van der Waals surface area contributed by atoms with Crippen molar-refractivity contribution in [2.75, 3.05) is 18.1 Å². The molecule has 1 amide bonds. The Morgan fingerprint density at radius 3 is 2.42 bits per heavy atom. The number of benzene rings is 2. The van der Waals surface area contributed by atoms with Gasteiger partial charge in [-0.3, -0.25) is 4.79 Å². The number of halogens is 3. The van der Waals surface area contributed by atoms with Gasteiger partial charge in [-0.1, -0.05) is 24.3 Å². The van der Waals surface area contributed by atoms with Gasteiger partial charge in [0.2, 0.25) is 0 Å². The van der Waals surface area contributed by atoms with Crippen LogP contribution in [-0.2, 0) is 0 Å². The quantitative estimate of drug-likeness (QED) is 0.824. The van der Waals surface area contributed by atoms with E-state index in [2.05, 4.69) is 5.32 Å². The Balaban J connectivity index is 2.01. The number of carbonyl (C=O) groups is 1. The molecule has 0 bridgehead atoms. The van der Waals surface area contributed by atoms with Gasteiger partial charge in [0.25, 0.3) is 5.91 Å². The number of amides is 1. The van der Waals surface area contributed by atoms with Gasteiger partial charge in [-0.05, 0) is 36.1 Å². The van der Waals surface area contributed by atoms with Crippen molar-refractivity contribution in [2.45, 2.75) is 17.2 Å². The molecule has 1 heterocycles. The molecule has 2 aromatic rings. The number of hydrogen-bond acceptors (Lipinski definition) is 3. The van der Waals surface area contributed by atoms with E-state index in [0.29, 0.717) is 11.3 Å². The third-order valence-corrected chi connectivity index (χ3v) is 4.55. The van der Waals surface area contributed by atoms with Gasteiger partial charge in [-0.15, -0.1) is 11.8 Å². The van der Waals surface area contributed by atoms with Crippen LogP contribution in [0.5, 0.6) is 0 Å². The Kier molecular flexibility index (Phi) is 4.45. The van der Waals surface area contributed by atoms with Crippen LogP contribution < -0.4 is 5.32 Å². The lowest BCUT2D eigenvalue weighted by molar-refractivity contribution is -0.144. The van der Waals surface area contributed by atoms with Gasteiger partial charge in [0.15, 0.2) is 0 Å². The summed E-state index contributed by atoms with van der Waals surface area (Å²) in [7, 11) is 0. The van der Waals surface area contributed by atoms with E-state index < -0.39 is 24.8 Å². The van der Waals surface area contributed by atoms with E-state index >= 15 is 0 Å². The minimum atomic E-state index is -4.47. The van der Waals surface area contributed by atoms with E-state index in [1.807, 2.05) is 18.4 Å². The Hall–Kier alpha value is -2.15. The van der Waals surface area contributed by atoms with Gasteiger partial charge in [0.05, 0.1) is 5.56 Å². The number of alkyl halides is 3. The van der Waals surface area contributed by atoms with Crippen molar-refractivity contribution in [1.82, 2.24) is 4.90 Å². The van der Waals surface area contributed by atoms with E-state index in [0.717, 1.165) is 9.80 Å². The Morgan fingerprint density at radius 1 is 1.12 bits per heavy atom. The fourth-order valence-corrected chi connectivity index (χ4v) is 3.11. The van der Waals surface area contributed by atoms with Gasteiger partial charge in [0.1, 0.15) is 12.7 Å². The van der Waals surface area contributed by atoms with Gasteiger partial charge in [-0.25, -0.2) is 0 Å². The van der Waals surface area contributed by atoms with Crippen LogP contribution in [0.25, 0.3) is 0 Å². The zero-order valence-corrected chi connectivity index (χ0v) is 13.6. The van der Waals surface area contributed by atoms with Crippen LogP contribution in [0.2, 0.25) is 0 Å². The van der Waals surface area contributed by atoms with Crippen LogP contribution >= 0.6 is 11.8 Å². The highest BCUT2D eigenvalue weighted by atomic mass is 32.2. The number of para-hydroxylation sites is 1. The summed E-state index contributed by atoms with van der Waals surface area (Å²) < 4.78 is 38.9. The number of anilines is 1. The predicted octanol–water partition coefficient (Wildman–Crippen LogP) is 4.54. The summed E-state index contributed by atoms with van der Waals surface area (Å²) in [5.74, 6) is -0.624. The van der Waals surface area contributed by atoms with E-state index in [-0.39, 0.29) is 5.56 Å². The lowest BCUT2D eigenvalue weighted by atomic mass is 10.0. The molecule has 0 saturated heterocycles. The molecule has 0 fully saturated rings. The summed E-state index contributed by atoms with van der Waals surface area (Å²) in [6, 6.07) is 13.8. The van der Waals surface area contributed by atoms with Crippen LogP contribution in [0, 0.1) is 0 Å². The standard InChI is InChI=1S/C17H15F3N2OS/c1-24-12-8-6-11(7-9-12)15-21-14-5-3-2-4-13(14)16(23)22(15)10-17(18,19)20/h2-9,15,21H,10H2,1H3/t15-/m1/s1. The van der Waals surface area contributed by atoms with Crippen molar-refractivity contribution in [3.05, 3.63) is 59.7 Å². The van der Waals surface area contributed by atoms with Crippen LogP contribution in [0.4, 0.5) is 18.9 Å². The van der Waals surface area contributed by atoms with Crippen molar-refractivity contribution in [2.24, 2.45) is 0 Å². The second-order valence-electron chi connectivity index (χ2n) is 5.41. The Bertz CT molecular complexity index is 746. The minimum absolute atomic E-state index is 0.249. The summed E-state index contributed by atoms with van der Waals surface area (Å²) in [6.07, 6.45) is -3.41. The van der Waals surface area contributed by atoms with Crippen molar-refractivity contribution in [3.8, 4) is 0 Å². The molecule has 1 atom stereocenters. The molecule has 24 heavy (non-hydrogen) atoms. The largest absolute Gasteiger partial charge is 0.406 e. The van der Waals surface area contributed by atoms with Gasteiger partial charge in [0, 0.05) is 10.6 Å². The van der Waals surface area contributed by atoms with Crippen molar-refractivity contribution >= 4 is 23.4 Å². The molecule has 1 N–H and O–H groups in total. The highest BCUT2D eigenvalue weighted by molar-refractivity contribution is 7.98. The number of nitrogens with zero attached hydrogens (tertiary/aromatic N) is 1. The monoisotopic (exact) mass is 352 g/mol. The number of nitrogens with one attached hydrogen (secondary N) is 1. The smallest absolute Gasteiger partial charge is 0.361 e. The summed E-state index contributed by atoms with van der Waals surface area (Å²) in [5, 5.41) is 3.05. The Morgan fingerprint density at radius 2 is 1.79 bits per heavy atom. The molecule has 7 heteroatoms. The van der Waals surface area contributed by atoms with Crippen molar-refractivity contribution in [3.63, 3.8) is 0 Å². The average Bonchev–Trinajstić information content (AvgIpc) is 2.56. The molecule has 0 aliphatic carbocycles. The highest BCUT2D eigenvalue weighted by Gasteiger charge is 2.40. The zero-order chi connectivity index (χ0) is 17.3. The molecular formula is C17H15F3N2OS. The molecule has 0 aromatic heterocycles. The van der Waals surface area contributed by atoms with E-state index in [1.165, 1.54) is 6.07 Å². The van der Waals surface area contributed by atoms with Gasteiger partial charge < -0.3 is 10.2 Å². The summed E-state index contributed by atoms with van der Waals surface area (Å²) in [6.45, 7) is -1.30. The molecule has 0 radical (unpaired) electrons. The lowest BCUT2D eigenvalue weighted by Crippen LogP contribution is -2.47. The maximum atomic E-state index is 13.0. The topological polar surface area (TPSA) is 32.3 Å². The molecule has 0 saturated carbocycles. The molecule has 126 valence electrons. The normalized spacial score (nSPS) is 17.4. The van der Waals surface area contributed by atoms with E-state index in [9.17, 15) is 18.0 Å². The fourth-order valence-electron chi connectivity index (χ4n) is 2.70. The maximum Gasteiger partial charge on any atom is 0.406 e. The molecular weight excluding hydrogens is 337 g/mol. The maximum absolute atomic E-state index is 13.0. The Labute approximate surface area is 141 Å². The molecule has 3 rings (SSSR count). The van der Waals surface area contributed by atoms with Crippen LogP contribution in [0.1, 0.15) is 22.1 Å². The van der Waals surface area contributed by atoms with Gasteiger partial charge in [-0.2, -0.15) is 13.2 Å². The SMILES string of the molecule is CSc1ccc([C@@H]2Nc3ccccc3C(=O)N2CC(F)(F)F)cc1. The number of fused-ring (bicyclic) bond motifs is 1. The lowest BCUT2D eigenvalue weighted by Gasteiger charge is -2.38. The summed E-state index contributed by atoms with van der Waals surface area (Å²) in [4.78, 5) is 14.4. The van der Waals surface area contributed by atoms with E-state index in [4.69, 9.17) is 0 Å². The first kappa shape index (κ1) is 16.7. The van der Waals surface area contributed by atoms with Crippen molar-refractivity contribution in [1.29, 1.82) is 0 Å². The van der Waals surface area contributed by atoms with Crippen LogP contribution in [-0.4, -0.2) is 29.8 Å². The van der Waals surface area contributed by atoms with Crippen LogP contribution in [0.15, 0.2) is 53.4 Å². The van der Waals surface area contributed by atoms with Crippen LogP contribution in [0.3, 0.4) is 0 Å². The first-order chi connectivity index (χ1) is 11.4. The highest BCUT2D eigenvalue weighted by Crippen LogP contribution is 2.35. The molecule has 0 unspecified atom stereocenters. The van der Waals surface area contributed by atoms with Crippen molar-refractivity contribution < 1.29 is 18.0 Å². The second kappa shape index (κ2) is 6.39. The number of thioether (sulfide) groups is 1. The second-order valence-corrected chi connectivity index (χ2v) is 6.29.